The molecule has 0 bridgehead atoms. The van der Waals surface area contributed by atoms with Crippen molar-refractivity contribution in [3.63, 3.8) is 0 Å². The molecule has 18 heavy (non-hydrogen) atoms. The van der Waals surface area contributed by atoms with Crippen molar-refractivity contribution in [2.24, 2.45) is 11.7 Å². The maximum Gasteiger partial charge on any atom is 0.243 e. The molecule has 1 fully saturated rings. The molecule has 5 nitrogen and oxygen atoms in total. The van der Waals surface area contributed by atoms with E-state index in [2.05, 4.69) is 0 Å². The number of likely N-dealkylation sites (tertiary alicyclic amines) is 1. The van der Waals surface area contributed by atoms with Gasteiger partial charge in [0.25, 0.3) is 0 Å². The maximum absolute atomic E-state index is 12.3. The van der Waals surface area contributed by atoms with Gasteiger partial charge in [0, 0.05) is 25.4 Å². The number of carbonyl (C=O) groups excluding carboxylic acids is 1. The van der Waals surface area contributed by atoms with Crippen LogP contribution in [0.3, 0.4) is 0 Å². The fourth-order valence-corrected chi connectivity index (χ4v) is 2.61. The first-order chi connectivity index (χ1) is 8.07. The second-order valence-corrected chi connectivity index (χ2v) is 8.36. The van der Waals surface area contributed by atoms with Gasteiger partial charge in [0.05, 0.1) is 0 Å². The third kappa shape index (κ3) is 3.03. The summed E-state index contributed by atoms with van der Waals surface area (Å²) in [5.74, 6) is -0.0478. The third-order valence-electron chi connectivity index (χ3n) is 3.93. The Bertz CT molecular complexity index is 415. The quantitative estimate of drug-likeness (QED) is 0.809. The average molecular weight is 276 g/mol. The molecule has 0 aromatic rings. The normalized spacial score (nSPS) is 23.8. The van der Waals surface area contributed by atoms with Gasteiger partial charge in [-0.25, -0.2) is 8.42 Å². The topological polar surface area (TPSA) is 80.5 Å². The van der Waals surface area contributed by atoms with Gasteiger partial charge in [-0.15, -0.1) is 0 Å². The molecule has 1 saturated heterocycles. The summed E-state index contributed by atoms with van der Waals surface area (Å²) in [6, 6.07) is 0.0296. The minimum Gasteiger partial charge on any atom is -0.341 e. The summed E-state index contributed by atoms with van der Waals surface area (Å²) in [4.78, 5) is 14.0. The molecule has 1 rings (SSSR count). The zero-order valence-electron chi connectivity index (χ0n) is 11.6. The minimum atomic E-state index is -3.41. The second-order valence-electron chi connectivity index (χ2n) is 5.80. The summed E-state index contributed by atoms with van der Waals surface area (Å²) < 4.78 is 22.0. The van der Waals surface area contributed by atoms with Crippen LogP contribution >= 0.6 is 0 Å². The number of carbonyl (C=O) groups is 1. The lowest BCUT2D eigenvalue weighted by atomic mass is 9.91. The predicted octanol–water partition coefficient (Wildman–Crippen LogP) is 0.395. The highest BCUT2D eigenvalue weighted by atomic mass is 32.2. The van der Waals surface area contributed by atoms with Crippen molar-refractivity contribution >= 4 is 15.7 Å². The number of rotatable bonds is 3. The van der Waals surface area contributed by atoms with E-state index in [0.29, 0.717) is 13.1 Å². The maximum atomic E-state index is 12.3. The van der Waals surface area contributed by atoms with Crippen molar-refractivity contribution in [2.75, 3.05) is 19.3 Å². The van der Waals surface area contributed by atoms with Crippen LogP contribution in [0.4, 0.5) is 0 Å². The Kier molecular flexibility index (Phi) is 4.43. The Balaban J connectivity index is 2.85. The number of hydrogen-bond acceptors (Lipinski definition) is 4. The van der Waals surface area contributed by atoms with E-state index in [1.807, 2.05) is 6.92 Å². The van der Waals surface area contributed by atoms with Crippen molar-refractivity contribution in [3.8, 4) is 0 Å². The third-order valence-corrected chi connectivity index (χ3v) is 5.96. The SMILES string of the molecule is CC(N)C1CCCN(C(=O)C(C)(C)S(C)(=O)=O)C1. The van der Waals surface area contributed by atoms with Crippen LogP contribution in [0.5, 0.6) is 0 Å². The van der Waals surface area contributed by atoms with Crippen LogP contribution in [-0.4, -0.2) is 49.4 Å². The minimum absolute atomic E-state index is 0.0296. The molecule has 1 aliphatic rings. The molecule has 6 heteroatoms. The molecule has 1 aliphatic heterocycles. The number of hydrogen-bond donors (Lipinski definition) is 1. The van der Waals surface area contributed by atoms with Gasteiger partial charge < -0.3 is 10.6 Å². The van der Waals surface area contributed by atoms with E-state index >= 15 is 0 Å². The molecule has 2 N–H and O–H groups in total. The summed E-state index contributed by atoms with van der Waals surface area (Å²) in [7, 11) is -3.41. The molecular weight excluding hydrogens is 252 g/mol. The Morgan fingerprint density at radius 2 is 2.00 bits per heavy atom. The number of nitrogens with two attached hydrogens (primary N) is 1. The number of sulfone groups is 1. The lowest BCUT2D eigenvalue weighted by molar-refractivity contribution is -0.135. The van der Waals surface area contributed by atoms with Gasteiger partial charge in [-0.2, -0.15) is 0 Å². The molecule has 0 spiro atoms. The van der Waals surface area contributed by atoms with E-state index in [9.17, 15) is 13.2 Å². The summed E-state index contributed by atoms with van der Waals surface area (Å²) in [6.45, 7) is 6.07. The van der Waals surface area contributed by atoms with E-state index in [-0.39, 0.29) is 17.9 Å². The Morgan fingerprint density at radius 1 is 1.44 bits per heavy atom. The van der Waals surface area contributed by atoms with Crippen molar-refractivity contribution in [1.29, 1.82) is 0 Å². The van der Waals surface area contributed by atoms with Crippen molar-refractivity contribution in [2.45, 2.75) is 44.4 Å². The highest BCUT2D eigenvalue weighted by molar-refractivity contribution is 7.92. The van der Waals surface area contributed by atoms with E-state index in [0.717, 1.165) is 19.1 Å². The van der Waals surface area contributed by atoms with Crippen molar-refractivity contribution in [1.82, 2.24) is 4.90 Å². The lowest BCUT2D eigenvalue weighted by Gasteiger charge is -2.38. The Morgan fingerprint density at radius 3 is 2.44 bits per heavy atom. The molecule has 106 valence electrons. The molecule has 0 radical (unpaired) electrons. The van der Waals surface area contributed by atoms with Crippen LogP contribution in [0.2, 0.25) is 0 Å². The molecular formula is C12H24N2O3S. The number of piperidine rings is 1. The smallest absolute Gasteiger partial charge is 0.243 e. The lowest BCUT2D eigenvalue weighted by Crippen LogP contribution is -2.54. The highest BCUT2D eigenvalue weighted by Gasteiger charge is 2.42. The molecule has 0 aromatic carbocycles. The van der Waals surface area contributed by atoms with Crippen LogP contribution in [0.1, 0.15) is 33.6 Å². The number of nitrogens with zero attached hydrogens (tertiary/aromatic N) is 1. The summed E-state index contributed by atoms with van der Waals surface area (Å²) in [6.07, 6.45) is 3.00. The standard InChI is InChI=1S/C12H24N2O3S/c1-9(13)10-6-5-7-14(8-10)11(15)12(2,3)18(4,16)17/h9-10H,5-8,13H2,1-4H3. The second kappa shape index (κ2) is 5.17. The van der Waals surface area contributed by atoms with Gasteiger partial charge in [0.1, 0.15) is 4.75 Å². The van der Waals surface area contributed by atoms with Gasteiger partial charge in [-0.05, 0) is 39.5 Å². The van der Waals surface area contributed by atoms with Gasteiger partial charge in [-0.1, -0.05) is 0 Å². The fourth-order valence-electron chi connectivity index (χ4n) is 2.16. The average Bonchev–Trinajstić information content (AvgIpc) is 2.26. The first-order valence-corrected chi connectivity index (χ1v) is 8.21. The van der Waals surface area contributed by atoms with Gasteiger partial charge in [0.2, 0.25) is 5.91 Å². The van der Waals surface area contributed by atoms with Crippen LogP contribution in [0, 0.1) is 5.92 Å². The van der Waals surface area contributed by atoms with Crippen LogP contribution in [-0.2, 0) is 14.6 Å². The van der Waals surface area contributed by atoms with Crippen LogP contribution in [0.15, 0.2) is 0 Å². The van der Waals surface area contributed by atoms with Crippen LogP contribution < -0.4 is 5.73 Å². The first-order valence-electron chi connectivity index (χ1n) is 6.32. The van der Waals surface area contributed by atoms with Gasteiger partial charge >= 0.3 is 0 Å². The zero-order chi connectivity index (χ0) is 14.1. The molecule has 0 aromatic heterocycles. The first kappa shape index (κ1) is 15.4. The molecule has 2 atom stereocenters. The van der Waals surface area contributed by atoms with E-state index in [1.165, 1.54) is 13.8 Å². The van der Waals surface area contributed by atoms with Gasteiger partial charge in [-0.3, -0.25) is 4.79 Å². The molecule has 2 unspecified atom stereocenters. The molecule has 0 saturated carbocycles. The summed E-state index contributed by atoms with van der Waals surface area (Å²) in [5.41, 5.74) is 5.87. The Hall–Kier alpha value is -0.620. The van der Waals surface area contributed by atoms with Crippen molar-refractivity contribution in [3.05, 3.63) is 0 Å². The van der Waals surface area contributed by atoms with Crippen molar-refractivity contribution < 1.29 is 13.2 Å². The van der Waals surface area contributed by atoms with Gasteiger partial charge in [0.15, 0.2) is 9.84 Å². The van der Waals surface area contributed by atoms with E-state index in [1.54, 1.807) is 4.90 Å². The number of amides is 1. The largest absolute Gasteiger partial charge is 0.341 e. The predicted molar refractivity (Wildman–Crippen MR) is 71.9 cm³/mol. The molecule has 1 amide bonds. The monoisotopic (exact) mass is 276 g/mol. The fraction of sp³-hybridized carbons (Fsp3) is 0.917. The molecule has 1 heterocycles. The summed E-state index contributed by atoms with van der Waals surface area (Å²) in [5, 5.41) is 0. The van der Waals surface area contributed by atoms with E-state index < -0.39 is 14.6 Å². The van der Waals surface area contributed by atoms with Crippen LogP contribution in [0.25, 0.3) is 0 Å². The van der Waals surface area contributed by atoms with E-state index in [4.69, 9.17) is 5.73 Å². The highest BCUT2D eigenvalue weighted by Crippen LogP contribution is 2.24. The Labute approximate surface area is 110 Å². The summed E-state index contributed by atoms with van der Waals surface area (Å²) >= 11 is 0. The zero-order valence-corrected chi connectivity index (χ0v) is 12.5. The molecule has 0 aliphatic carbocycles.